The Morgan fingerprint density at radius 3 is 1.75 bits per heavy atom. The summed E-state index contributed by atoms with van der Waals surface area (Å²) in [6.45, 7) is 1.47. The maximum atomic E-state index is 9.85. The van der Waals surface area contributed by atoms with Gasteiger partial charge in [-0.25, -0.2) is 0 Å². The number of hydrogen-bond acceptors (Lipinski definition) is 4. The molecule has 0 bridgehead atoms. The van der Waals surface area contributed by atoms with Crippen molar-refractivity contribution in [2.45, 2.75) is 25.7 Å². The summed E-state index contributed by atoms with van der Waals surface area (Å²) in [7, 11) is 0. The van der Waals surface area contributed by atoms with E-state index in [9.17, 15) is 10.2 Å². The molecule has 0 aromatic heterocycles. The van der Waals surface area contributed by atoms with Gasteiger partial charge in [-0.1, -0.05) is 29.6 Å². The van der Waals surface area contributed by atoms with Gasteiger partial charge in [-0.2, -0.15) is 0 Å². The van der Waals surface area contributed by atoms with E-state index in [1.54, 1.807) is 48.8 Å². The lowest BCUT2D eigenvalue weighted by atomic mass is 9.81. The van der Waals surface area contributed by atoms with Crippen molar-refractivity contribution in [1.82, 2.24) is 0 Å². The van der Waals surface area contributed by atoms with Gasteiger partial charge in [0.2, 0.25) is 0 Å². The Kier molecular flexibility index (Phi) is 7.35. The lowest BCUT2D eigenvalue weighted by molar-refractivity contribution is 0.278. The Hall–Kier alpha value is -2.04. The van der Waals surface area contributed by atoms with Crippen LogP contribution in [-0.2, 0) is 0 Å². The average molecular weight is 419 g/mol. The van der Waals surface area contributed by atoms with E-state index in [1.165, 1.54) is 6.42 Å². The molecule has 1 fully saturated rings. The quantitative estimate of drug-likeness (QED) is 0.586. The molecule has 2 aromatic carbocycles. The van der Waals surface area contributed by atoms with E-state index in [4.69, 9.17) is 23.2 Å². The van der Waals surface area contributed by atoms with Crippen molar-refractivity contribution >= 4 is 35.6 Å². The van der Waals surface area contributed by atoms with E-state index in [1.807, 2.05) is 0 Å². The molecule has 4 nitrogen and oxygen atoms in total. The summed E-state index contributed by atoms with van der Waals surface area (Å²) in [5.41, 5.74) is 1.29. The zero-order valence-electron chi connectivity index (χ0n) is 15.6. The smallest absolute Gasteiger partial charge is 0.124 e. The number of aliphatic imine (C=N–C) groups is 2. The molecule has 0 aliphatic heterocycles. The predicted molar refractivity (Wildman–Crippen MR) is 117 cm³/mol. The van der Waals surface area contributed by atoms with Gasteiger partial charge in [0.05, 0.1) is 0 Å². The van der Waals surface area contributed by atoms with E-state index in [2.05, 4.69) is 9.98 Å². The van der Waals surface area contributed by atoms with Gasteiger partial charge in [-0.15, -0.1) is 0 Å². The van der Waals surface area contributed by atoms with Crippen LogP contribution in [0.5, 0.6) is 11.5 Å². The molecular formula is C22H24Cl2N2O2. The van der Waals surface area contributed by atoms with Crippen molar-refractivity contribution in [2.75, 3.05) is 13.1 Å². The highest BCUT2D eigenvalue weighted by Gasteiger charge is 2.21. The number of rotatable bonds is 6. The van der Waals surface area contributed by atoms with Gasteiger partial charge in [0.25, 0.3) is 0 Å². The first-order chi connectivity index (χ1) is 13.5. The van der Waals surface area contributed by atoms with Gasteiger partial charge in [-0.05, 0) is 67.5 Å². The average Bonchev–Trinajstić information content (AvgIpc) is 2.68. The highest BCUT2D eigenvalue weighted by atomic mass is 35.5. The molecule has 1 aliphatic carbocycles. The van der Waals surface area contributed by atoms with E-state index in [-0.39, 0.29) is 11.5 Å². The molecule has 0 saturated heterocycles. The molecule has 0 amide bonds. The number of aromatic hydroxyl groups is 2. The Labute approximate surface area is 175 Å². The fraction of sp³-hybridized carbons (Fsp3) is 0.364. The van der Waals surface area contributed by atoms with Gasteiger partial charge in [0, 0.05) is 46.7 Å². The van der Waals surface area contributed by atoms with Crippen molar-refractivity contribution < 1.29 is 10.2 Å². The third kappa shape index (κ3) is 5.98. The van der Waals surface area contributed by atoms with Crippen LogP contribution in [0.25, 0.3) is 0 Å². The van der Waals surface area contributed by atoms with Crippen LogP contribution in [0.1, 0.15) is 36.8 Å². The largest absolute Gasteiger partial charge is 0.507 e. The summed E-state index contributed by atoms with van der Waals surface area (Å²) in [5, 5.41) is 20.9. The van der Waals surface area contributed by atoms with Crippen LogP contribution < -0.4 is 0 Å². The second-order valence-electron chi connectivity index (χ2n) is 7.29. The highest BCUT2D eigenvalue weighted by Crippen LogP contribution is 2.30. The van der Waals surface area contributed by atoms with Crippen LogP contribution >= 0.6 is 23.2 Å². The fourth-order valence-corrected chi connectivity index (χ4v) is 3.95. The van der Waals surface area contributed by atoms with Crippen molar-refractivity contribution in [3.63, 3.8) is 0 Å². The molecular weight excluding hydrogens is 395 g/mol. The Morgan fingerprint density at radius 2 is 1.29 bits per heavy atom. The Bertz CT molecular complexity index is 798. The first-order valence-electron chi connectivity index (χ1n) is 9.48. The van der Waals surface area contributed by atoms with Crippen molar-refractivity contribution in [3.05, 3.63) is 57.6 Å². The molecule has 2 N–H and O–H groups in total. The molecule has 28 heavy (non-hydrogen) atoms. The molecule has 2 atom stereocenters. The summed E-state index contributed by atoms with van der Waals surface area (Å²) < 4.78 is 0. The molecule has 6 heteroatoms. The van der Waals surface area contributed by atoms with Gasteiger partial charge in [-0.3, -0.25) is 9.98 Å². The van der Waals surface area contributed by atoms with Crippen LogP contribution in [0.15, 0.2) is 46.4 Å². The van der Waals surface area contributed by atoms with Crippen LogP contribution in [0.4, 0.5) is 0 Å². The second kappa shape index (κ2) is 9.94. The molecule has 1 saturated carbocycles. The lowest BCUT2D eigenvalue weighted by Gasteiger charge is -2.27. The summed E-state index contributed by atoms with van der Waals surface area (Å²) in [6.07, 6.45) is 7.97. The maximum absolute atomic E-state index is 9.85. The summed E-state index contributed by atoms with van der Waals surface area (Å²) >= 11 is 11.9. The zero-order chi connectivity index (χ0) is 19.9. The van der Waals surface area contributed by atoms with E-state index in [0.29, 0.717) is 33.0 Å². The summed E-state index contributed by atoms with van der Waals surface area (Å²) in [4.78, 5) is 9.04. The minimum absolute atomic E-state index is 0.188. The number of phenolic OH excluding ortho intramolecular Hbond substituents is 2. The van der Waals surface area contributed by atoms with Crippen molar-refractivity contribution in [2.24, 2.45) is 21.8 Å². The Morgan fingerprint density at radius 1 is 0.821 bits per heavy atom. The summed E-state index contributed by atoms with van der Waals surface area (Å²) in [5.74, 6) is 1.42. The van der Waals surface area contributed by atoms with Gasteiger partial charge >= 0.3 is 0 Å². The monoisotopic (exact) mass is 418 g/mol. The molecule has 3 rings (SSSR count). The molecule has 0 spiro atoms. The fourth-order valence-electron chi connectivity index (χ4n) is 3.59. The second-order valence-corrected chi connectivity index (χ2v) is 8.17. The number of hydrogen-bond donors (Lipinski definition) is 2. The topological polar surface area (TPSA) is 65.2 Å². The van der Waals surface area contributed by atoms with Crippen molar-refractivity contribution in [1.29, 1.82) is 0 Å². The van der Waals surface area contributed by atoms with E-state index < -0.39 is 0 Å². The maximum Gasteiger partial charge on any atom is 0.124 e. The van der Waals surface area contributed by atoms with Crippen LogP contribution in [0.3, 0.4) is 0 Å². The standard InChI is InChI=1S/C22H24Cl2N2O2/c23-19-4-6-21(27)17(9-19)13-25-11-15-2-1-3-16(8-15)12-26-14-18-10-20(24)5-7-22(18)28/h4-7,9-10,13-16,27-28H,1-3,8,11-12H2. The van der Waals surface area contributed by atoms with E-state index in [0.717, 1.165) is 32.4 Å². The number of benzene rings is 2. The minimum Gasteiger partial charge on any atom is -0.507 e. The SMILES string of the molecule is Oc1ccc(Cl)cc1C=NCC1CCCC(CN=Cc2cc(Cl)ccc2O)C1. The third-order valence-electron chi connectivity index (χ3n) is 5.06. The van der Waals surface area contributed by atoms with Gasteiger partial charge in [0.15, 0.2) is 0 Å². The predicted octanol–water partition coefficient (Wildman–Crippen LogP) is 5.75. The highest BCUT2D eigenvalue weighted by molar-refractivity contribution is 6.31. The minimum atomic E-state index is 0.188. The molecule has 2 aromatic rings. The third-order valence-corrected chi connectivity index (χ3v) is 5.53. The van der Waals surface area contributed by atoms with Crippen LogP contribution in [-0.4, -0.2) is 35.7 Å². The van der Waals surface area contributed by atoms with Crippen LogP contribution in [0.2, 0.25) is 10.0 Å². The number of halogens is 2. The molecule has 148 valence electrons. The normalized spacial score (nSPS) is 20.2. The summed E-state index contributed by atoms with van der Waals surface area (Å²) in [6, 6.07) is 9.90. The molecule has 0 radical (unpaired) electrons. The first-order valence-corrected chi connectivity index (χ1v) is 10.2. The van der Waals surface area contributed by atoms with Crippen molar-refractivity contribution in [3.8, 4) is 11.5 Å². The first kappa shape index (κ1) is 20.7. The Balaban J connectivity index is 1.51. The number of nitrogens with zero attached hydrogens (tertiary/aromatic N) is 2. The van der Waals surface area contributed by atoms with Crippen LogP contribution in [0, 0.1) is 11.8 Å². The number of phenols is 2. The molecule has 2 unspecified atom stereocenters. The molecule has 1 aliphatic rings. The van der Waals surface area contributed by atoms with Gasteiger partial charge < -0.3 is 10.2 Å². The van der Waals surface area contributed by atoms with E-state index >= 15 is 0 Å². The van der Waals surface area contributed by atoms with Gasteiger partial charge in [0.1, 0.15) is 11.5 Å². The lowest BCUT2D eigenvalue weighted by Crippen LogP contribution is -2.20. The zero-order valence-corrected chi connectivity index (χ0v) is 17.1. The molecule has 0 heterocycles.